The van der Waals surface area contributed by atoms with Gasteiger partial charge in [0.1, 0.15) is 0 Å². The molecular formula is C15H16N2O2. The molecule has 0 saturated carbocycles. The smallest absolute Gasteiger partial charge is 0.335 e. The number of aryl methyl sites for hydroxylation is 1. The molecule has 0 unspecified atom stereocenters. The van der Waals surface area contributed by atoms with Crippen LogP contribution in [0.5, 0.6) is 0 Å². The summed E-state index contributed by atoms with van der Waals surface area (Å²) >= 11 is 0. The number of carboxylic acids is 1. The second kappa shape index (κ2) is 5.52. The number of benzene rings is 1. The Balaban J connectivity index is 2.20. The number of anilines is 1. The number of aromatic carboxylic acids is 1. The Bertz CT molecular complexity index is 582. The van der Waals surface area contributed by atoms with E-state index in [0.717, 1.165) is 23.4 Å². The first-order valence-corrected chi connectivity index (χ1v) is 6.02. The van der Waals surface area contributed by atoms with Crippen LogP contribution in [-0.2, 0) is 6.54 Å². The summed E-state index contributed by atoms with van der Waals surface area (Å²) in [6.07, 6.45) is 3.58. The highest BCUT2D eigenvalue weighted by atomic mass is 16.4. The largest absolute Gasteiger partial charge is 0.478 e. The van der Waals surface area contributed by atoms with E-state index in [1.807, 2.05) is 38.4 Å². The SMILES string of the molecule is Cc1cc(C(=O)O)ccc1N(C)Cc1cccnc1. The Kier molecular flexibility index (Phi) is 3.80. The Morgan fingerprint density at radius 2 is 2.16 bits per heavy atom. The first kappa shape index (κ1) is 13.1. The minimum Gasteiger partial charge on any atom is -0.478 e. The van der Waals surface area contributed by atoms with Crippen LogP contribution >= 0.6 is 0 Å². The molecule has 0 fully saturated rings. The first-order valence-electron chi connectivity index (χ1n) is 6.02. The van der Waals surface area contributed by atoms with Crippen molar-refractivity contribution in [1.82, 2.24) is 4.98 Å². The van der Waals surface area contributed by atoms with Gasteiger partial charge >= 0.3 is 5.97 Å². The number of carboxylic acid groups (broad SMARTS) is 1. The third kappa shape index (κ3) is 3.10. The van der Waals surface area contributed by atoms with Crippen LogP contribution in [0.2, 0.25) is 0 Å². The maximum atomic E-state index is 10.9. The van der Waals surface area contributed by atoms with Gasteiger partial charge in [-0.1, -0.05) is 6.07 Å². The second-order valence-corrected chi connectivity index (χ2v) is 4.52. The maximum Gasteiger partial charge on any atom is 0.335 e. The van der Waals surface area contributed by atoms with Crippen LogP contribution in [0.3, 0.4) is 0 Å². The Morgan fingerprint density at radius 3 is 2.74 bits per heavy atom. The van der Waals surface area contributed by atoms with Gasteiger partial charge in [-0.05, 0) is 42.3 Å². The van der Waals surface area contributed by atoms with Gasteiger partial charge in [-0.15, -0.1) is 0 Å². The van der Waals surface area contributed by atoms with Crippen LogP contribution in [0.4, 0.5) is 5.69 Å². The molecule has 4 heteroatoms. The van der Waals surface area contributed by atoms with Gasteiger partial charge in [-0.3, -0.25) is 4.98 Å². The molecule has 1 N–H and O–H groups in total. The number of pyridine rings is 1. The van der Waals surface area contributed by atoms with Crippen molar-refractivity contribution in [1.29, 1.82) is 0 Å². The van der Waals surface area contributed by atoms with E-state index < -0.39 is 5.97 Å². The molecule has 1 aromatic carbocycles. The minimum absolute atomic E-state index is 0.316. The normalized spacial score (nSPS) is 10.2. The topological polar surface area (TPSA) is 53.4 Å². The van der Waals surface area contributed by atoms with Crippen molar-refractivity contribution in [3.8, 4) is 0 Å². The lowest BCUT2D eigenvalue weighted by Crippen LogP contribution is -2.17. The van der Waals surface area contributed by atoms with Gasteiger partial charge in [0.05, 0.1) is 5.56 Å². The predicted molar refractivity (Wildman–Crippen MR) is 74.5 cm³/mol. The molecule has 0 aliphatic carbocycles. The molecular weight excluding hydrogens is 240 g/mol. The molecule has 4 nitrogen and oxygen atoms in total. The number of nitrogens with zero attached hydrogens (tertiary/aromatic N) is 2. The summed E-state index contributed by atoms with van der Waals surface area (Å²) in [6.45, 7) is 2.66. The number of carbonyl (C=O) groups is 1. The fourth-order valence-electron chi connectivity index (χ4n) is 2.07. The second-order valence-electron chi connectivity index (χ2n) is 4.52. The fraction of sp³-hybridized carbons (Fsp3) is 0.200. The number of rotatable bonds is 4. The van der Waals surface area contributed by atoms with Crippen LogP contribution in [0.15, 0.2) is 42.7 Å². The molecule has 0 radical (unpaired) electrons. The standard InChI is InChI=1S/C15H16N2O2/c1-11-8-13(15(18)19)5-6-14(11)17(2)10-12-4-3-7-16-9-12/h3-9H,10H2,1-2H3,(H,18,19). The van der Waals surface area contributed by atoms with E-state index >= 15 is 0 Å². The summed E-state index contributed by atoms with van der Waals surface area (Å²) in [6, 6.07) is 9.09. The van der Waals surface area contributed by atoms with Crippen LogP contribution in [-0.4, -0.2) is 23.1 Å². The van der Waals surface area contributed by atoms with Crippen LogP contribution in [0.1, 0.15) is 21.5 Å². The van der Waals surface area contributed by atoms with Crippen LogP contribution in [0, 0.1) is 6.92 Å². The molecule has 0 aliphatic rings. The summed E-state index contributed by atoms with van der Waals surface area (Å²) in [5, 5.41) is 8.95. The van der Waals surface area contributed by atoms with Gasteiger partial charge in [0.25, 0.3) is 0 Å². The molecule has 0 saturated heterocycles. The van der Waals surface area contributed by atoms with Crippen LogP contribution < -0.4 is 4.90 Å². The average molecular weight is 256 g/mol. The van der Waals surface area contributed by atoms with E-state index in [2.05, 4.69) is 9.88 Å². The summed E-state index contributed by atoms with van der Waals surface area (Å²) in [7, 11) is 1.98. The lowest BCUT2D eigenvalue weighted by atomic mass is 10.1. The molecule has 0 aliphatic heterocycles. The Hall–Kier alpha value is -2.36. The molecule has 1 aromatic heterocycles. The van der Waals surface area contributed by atoms with Gasteiger partial charge in [0.15, 0.2) is 0 Å². The van der Waals surface area contributed by atoms with Crippen molar-refractivity contribution in [3.63, 3.8) is 0 Å². The highest BCUT2D eigenvalue weighted by molar-refractivity contribution is 5.88. The summed E-state index contributed by atoms with van der Waals surface area (Å²) in [5.74, 6) is -0.899. The van der Waals surface area contributed by atoms with Crippen molar-refractivity contribution in [2.24, 2.45) is 0 Å². The number of aromatic nitrogens is 1. The molecule has 0 bridgehead atoms. The predicted octanol–water partition coefficient (Wildman–Crippen LogP) is 2.72. The third-order valence-corrected chi connectivity index (χ3v) is 3.00. The van der Waals surface area contributed by atoms with Crippen molar-refractivity contribution < 1.29 is 9.90 Å². The molecule has 0 atom stereocenters. The van der Waals surface area contributed by atoms with Gasteiger partial charge in [-0.2, -0.15) is 0 Å². The van der Waals surface area contributed by atoms with Gasteiger partial charge in [-0.25, -0.2) is 4.79 Å². The molecule has 19 heavy (non-hydrogen) atoms. The van der Waals surface area contributed by atoms with E-state index in [1.54, 1.807) is 18.3 Å². The molecule has 2 rings (SSSR count). The van der Waals surface area contributed by atoms with Gasteiger partial charge < -0.3 is 10.0 Å². The highest BCUT2D eigenvalue weighted by Gasteiger charge is 2.09. The minimum atomic E-state index is -0.899. The summed E-state index contributed by atoms with van der Waals surface area (Å²) in [5.41, 5.74) is 3.41. The van der Waals surface area contributed by atoms with Gasteiger partial charge in [0.2, 0.25) is 0 Å². The monoisotopic (exact) mass is 256 g/mol. The van der Waals surface area contributed by atoms with Crippen molar-refractivity contribution >= 4 is 11.7 Å². The van der Waals surface area contributed by atoms with Gasteiger partial charge in [0, 0.05) is 31.7 Å². The maximum absolute atomic E-state index is 10.9. The zero-order valence-electron chi connectivity index (χ0n) is 11.0. The van der Waals surface area contributed by atoms with Crippen molar-refractivity contribution in [2.75, 3.05) is 11.9 Å². The van der Waals surface area contributed by atoms with E-state index in [9.17, 15) is 4.79 Å². The zero-order chi connectivity index (χ0) is 13.8. The first-order chi connectivity index (χ1) is 9.08. The number of hydrogen-bond donors (Lipinski definition) is 1. The average Bonchev–Trinajstić information content (AvgIpc) is 2.39. The number of hydrogen-bond acceptors (Lipinski definition) is 3. The molecule has 2 aromatic rings. The van der Waals surface area contributed by atoms with Crippen LogP contribution in [0.25, 0.3) is 0 Å². The third-order valence-electron chi connectivity index (χ3n) is 3.00. The molecule has 0 amide bonds. The van der Waals surface area contributed by atoms with E-state index in [4.69, 9.17) is 5.11 Å². The molecule has 98 valence electrons. The Labute approximate surface area is 112 Å². The summed E-state index contributed by atoms with van der Waals surface area (Å²) < 4.78 is 0. The van der Waals surface area contributed by atoms with Crippen molar-refractivity contribution in [2.45, 2.75) is 13.5 Å². The fourth-order valence-corrected chi connectivity index (χ4v) is 2.07. The molecule has 0 spiro atoms. The quantitative estimate of drug-likeness (QED) is 0.913. The lowest BCUT2D eigenvalue weighted by Gasteiger charge is -2.21. The Morgan fingerprint density at radius 1 is 1.37 bits per heavy atom. The zero-order valence-corrected chi connectivity index (χ0v) is 11.0. The molecule has 1 heterocycles. The highest BCUT2D eigenvalue weighted by Crippen LogP contribution is 2.21. The summed E-state index contributed by atoms with van der Waals surface area (Å²) in [4.78, 5) is 17.1. The van der Waals surface area contributed by atoms with E-state index in [0.29, 0.717) is 5.56 Å². The lowest BCUT2D eigenvalue weighted by molar-refractivity contribution is 0.0697. The van der Waals surface area contributed by atoms with E-state index in [1.165, 1.54) is 0 Å². The van der Waals surface area contributed by atoms with E-state index in [-0.39, 0.29) is 0 Å². The van der Waals surface area contributed by atoms with Crippen molar-refractivity contribution in [3.05, 3.63) is 59.4 Å².